The number of aromatic nitrogens is 6. The average Bonchev–Trinajstić information content (AvgIpc) is 3.18. The van der Waals surface area contributed by atoms with Gasteiger partial charge in [-0.1, -0.05) is 28.5 Å². The molecule has 0 saturated carbocycles. The maximum Gasteiger partial charge on any atom is 0.257 e. The smallest absolute Gasteiger partial charge is 0.257 e. The van der Waals surface area contributed by atoms with Gasteiger partial charge in [-0.3, -0.25) is 4.79 Å². The van der Waals surface area contributed by atoms with Crippen LogP contribution in [-0.4, -0.2) is 42.8 Å². The van der Waals surface area contributed by atoms with Gasteiger partial charge in [0.05, 0.1) is 0 Å². The molecule has 10 nitrogen and oxygen atoms in total. The lowest BCUT2D eigenvalue weighted by molar-refractivity contribution is -0.121. The van der Waals surface area contributed by atoms with Crippen molar-refractivity contribution in [3.05, 3.63) is 36.2 Å². The van der Waals surface area contributed by atoms with Gasteiger partial charge in [0.2, 0.25) is 11.9 Å². The number of nitrogens with one attached hydrogen (secondary N) is 1. The summed E-state index contributed by atoms with van der Waals surface area (Å²) in [5, 5.41) is 17.0. The zero-order valence-corrected chi connectivity index (χ0v) is 12.1. The summed E-state index contributed by atoms with van der Waals surface area (Å²) in [5.41, 5.74) is 6.33. The molecule has 0 bridgehead atoms. The number of nitrogens with two attached hydrogens (primary N) is 1. The minimum absolute atomic E-state index is 0.0413. The fourth-order valence-electron chi connectivity index (χ4n) is 1.88. The first-order valence-electron chi connectivity index (χ1n) is 6.89. The molecule has 1 amide bonds. The van der Waals surface area contributed by atoms with Crippen molar-refractivity contribution in [3.63, 3.8) is 0 Å². The van der Waals surface area contributed by atoms with Gasteiger partial charge in [-0.15, -0.1) is 0 Å². The van der Waals surface area contributed by atoms with Gasteiger partial charge in [0, 0.05) is 18.5 Å². The Morgan fingerprint density at radius 1 is 1.30 bits per heavy atom. The standard InChI is InChI=1S/C13H14N8O2/c14-13-17-19-20-21(13)8-11(22)15-7-6-10-16-12(23-18-10)9-4-2-1-3-5-9/h1-5H,6-8H2,(H,15,22)(H2,14,17,20). The van der Waals surface area contributed by atoms with Crippen molar-refractivity contribution in [1.29, 1.82) is 0 Å². The van der Waals surface area contributed by atoms with Crippen LogP contribution >= 0.6 is 0 Å². The first-order valence-corrected chi connectivity index (χ1v) is 6.89. The van der Waals surface area contributed by atoms with Crippen LogP contribution in [0.25, 0.3) is 11.5 Å². The number of rotatable bonds is 6. The van der Waals surface area contributed by atoms with Crippen molar-refractivity contribution in [2.24, 2.45) is 0 Å². The Bertz CT molecular complexity index is 782. The largest absolute Gasteiger partial charge is 0.367 e. The summed E-state index contributed by atoms with van der Waals surface area (Å²) < 4.78 is 6.39. The molecule has 3 aromatic rings. The first-order chi connectivity index (χ1) is 11.2. The fraction of sp³-hybridized carbons (Fsp3) is 0.231. The van der Waals surface area contributed by atoms with Crippen molar-refractivity contribution in [3.8, 4) is 11.5 Å². The Labute approximate surface area is 130 Å². The number of amides is 1. The van der Waals surface area contributed by atoms with Crippen molar-refractivity contribution in [2.45, 2.75) is 13.0 Å². The molecular formula is C13H14N8O2. The number of hydrogen-bond donors (Lipinski definition) is 2. The number of nitrogens with zero attached hydrogens (tertiary/aromatic N) is 6. The first kappa shape index (κ1) is 14.6. The molecule has 0 atom stereocenters. The lowest BCUT2D eigenvalue weighted by Gasteiger charge is -2.03. The molecule has 118 valence electrons. The van der Waals surface area contributed by atoms with E-state index in [9.17, 15) is 4.79 Å². The number of carbonyl (C=O) groups excluding carboxylic acids is 1. The van der Waals surface area contributed by atoms with E-state index >= 15 is 0 Å². The molecule has 0 aliphatic carbocycles. The van der Waals surface area contributed by atoms with Gasteiger partial charge in [0.1, 0.15) is 6.54 Å². The molecule has 0 saturated heterocycles. The van der Waals surface area contributed by atoms with Gasteiger partial charge >= 0.3 is 0 Å². The van der Waals surface area contributed by atoms with Gasteiger partial charge in [0.25, 0.3) is 5.89 Å². The van der Waals surface area contributed by atoms with Crippen LogP contribution in [0, 0.1) is 0 Å². The fourth-order valence-corrected chi connectivity index (χ4v) is 1.88. The molecule has 0 radical (unpaired) electrons. The van der Waals surface area contributed by atoms with Gasteiger partial charge < -0.3 is 15.6 Å². The Balaban J connectivity index is 1.49. The predicted molar refractivity (Wildman–Crippen MR) is 78.7 cm³/mol. The van der Waals surface area contributed by atoms with Crippen molar-refractivity contribution < 1.29 is 9.32 Å². The third-order valence-electron chi connectivity index (χ3n) is 3.01. The van der Waals surface area contributed by atoms with Crippen LogP contribution < -0.4 is 11.1 Å². The summed E-state index contributed by atoms with van der Waals surface area (Å²) >= 11 is 0. The van der Waals surface area contributed by atoms with E-state index in [1.165, 1.54) is 4.68 Å². The Hall–Kier alpha value is -3.30. The topological polar surface area (TPSA) is 138 Å². The molecule has 23 heavy (non-hydrogen) atoms. The number of carbonyl (C=O) groups is 1. The number of tetrazole rings is 1. The van der Waals surface area contributed by atoms with Gasteiger partial charge in [-0.25, -0.2) is 4.68 Å². The van der Waals surface area contributed by atoms with Gasteiger partial charge in [-0.2, -0.15) is 4.98 Å². The van der Waals surface area contributed by atoms with Gasteiger partial charge in [-0.05, 0) is 22.6 Å². The summed E-state index contributed by atoms with van der Waals surface area (Å²) in [5.74, 6) is 0.807. The molecular weight excluding hydrogens is 300 g/mol. The highest BCUT2D eigenvalue weighted by atomic mass is 16.5. The number of hydrogen-bond acceptors (Lipinski definition) is 8. The van der Waals surface area contributed by atoms with E-state index in [2.05, 4.69) is 31.0 Å². The Morgan fingerprint density at radius 2 is 2.13 bits per heavy atom. The van der Waals surface area contributed by atoms with Crippen LogP contribution in [0.15, 0.2) is 34.9 Å². The van der Waals surface area contributed by atoms with Crippen LogP contribution in [0.3, 0.4) is 0 Å². The molecule has 0 aliphatic rings. The zero-order valence-electron chi connectivity index (χ0n) is 12.1. The molecule has 0 fully saturated rings. The summed E-state index contributed by atoms with van der Waals surface area (Å²) in [6.45, 7) is 0.328. The lowest BCUT2D eigenvalue weighted by Crippen LogP contribution is -2.30. The second kappa shape index (κ2) is 6.64. The maximum atomic E-state index is 11.7. The van der Waals surface area contributed by atoms with Crippen LogP contribution in [0.5, 0.6) is 0 Å². The van der Waals surface area contributed by atoms with Crippen molar-refractivity contribution in [2.75, 3.05) is 12.3 Å². The molecule has 10 heteroatoms. The highest BCUT2D eigenvalue weighted by molar-refractivity contribution is 5.75. The average molecular weight is 314 g/mol. The minimum atomic E-state index is -0.254. The van der Waals surface area contributed by atoms with Crippen molar-refractivity contribution in [1.82, 2.24) is 35.7 Å². The van der Waals surface area contributed by atoms with Crippen LogP contribution in [0.1, 0.15) is 5.82 Å². The lowest BCUT2D eigenvalue weighted by atomic mass is 10.2. The van der Waals surface area contributed by atoms with E-state index in [0.717, 1.165) is 5.56 Å². The molecule has 2 aromatic heterocycles. The summed E-state index contributed by atoms with van der Waals surface area (Å²) in [4.78, 5) is 16.0. The van der Waals surface area contributed by atoms with Crippen LogP contribution in [-0.2, 0) is 17.8 Å². The SMILES string of the molecule is Nc1nnnn1CC(=O)NCCc1noc(-c2ccccc2)n1. The number of anilines is 1. The maximum absolute atomic E-state index is 11.7. The summed E-state index contributed by atoms with van der Waals surface area (Å²) in [6, 6.07) is 9.47. The van der Waals surface area contributed by atoms with E-state index in [0.29, 0.717) is 24.7 Å². The van der Waals surface area contributed by atoms with E-state index in [1.807, 2.05) is 30.3 Å². The Kier molecular flexibility index (Phi) is 4.22. The molecule has 3 rings (SSSR count). The second-order valence-corrected chi connectivity index (χ2v) is 4.68. The molecule has 2 heterocycles. The zero-order chi connectivity index (χ0) is 16.1. The number of nitrogen functional groups attached to an aromatic ring is 1. The normalized spacial score (nSPS) is 10.6. The molecule has 0 spiro atoms. The molecule has 0 aliphatic heterocycles. The monoisotopic (exact) mass is 314 g/mol. The summed E-state index contributed by atoms with van der Waals surface area (Å²) in [7, 11) is 0. The third kappa shape index (κ3) is 3.67. The van der Waals surface area contributed by atoms with Crippen LogP contribution in [0.4, 0.5) is 5.95 Å². The second-order valence-electron chi connectivity index (χ2n) is 4.68. The summed E-state index contributed by atoms with van der Waals surface area (Å²) in [6.07, 6.45) is 0.452. The molecule has 0 unspecified atom stereocenters. The van der Waals surface area contributed by atoms with E-state index < -0.39 is 0 Å². The highest BCUT2D eigenvalue weighted by Crippen LogP contribution is 2.15. The minimum Gasteiger partial charge on any atom is -0.367 e. The Morgan fingerprint density at radius 3 is 2.87 bits per heavy atom. The van der Waals surface area contributed by atoms with E-state index in [1.54, 1.807) is 0 Å². The quantitative estimate of drug-likeness (QED) is 0.630. The predicted octanol–water partition coefficient (Wildman–Crippen LogP) is -0.336. The van der Waals surface area contributed by atoms with Gasteiger partial charge in [0.15, 0.2) is 5.82 Å². The molecule has 3 N–H and O–H groups in total. The molecule has 1 aromatic carbocycles. The van der Waals surface area contributed by atoms with E-state index in [-0.39, 0.29) is 18.4 Å². The van der Waals surface area contributed by atoms with E-state index in [4.69, 9.17) is 10.3 Å². The third-order valence-corrected chi connectivity index (χ3v) is 3.01. The van der Waals surface area contributed by atoms with Crippen LogP contribution in [0.2, 0.25) is 0 Å². The highest BCUT2D eigenvalue weighted by Gasteiger charge is 2.10. The van der Waals surface area contributed by atoms with Crippen molar-refractivity contribution >= 4 is 11.9 Å². The number of benzene rings is 1.